The van der Waals surface area contributed by atoms with E-state index in [-0.39, 0.29) is 0 Å². The largest absolute Gasteiger partial charge is 0.454 e. The number of anilines is 1. The SMILES string of the molecule is Cc1ncsc1CNc1ccc2c(c1)OCO2. The maximum Gasteiger partial charge on any atom is 0.231 e. The molecule has 2 heterocycles. The van der Waals surface area contributed by atoms with Gasteiger partial charge in [-0.15, -0.1) is 11.3 Å². The summed E-state index contributed by atoms with van der Waals surface area (Å²) < 4.78 is 10.6. The van der Waals surface area contributed by atoms with Gasteiger partial charge >= 0.3 is 0 Å². The van der Waals surface area contributed by atoms with E-state index >= 15 is 0 Å². The zero-order valence-electron chi connectivity index (χ0n) is 9.40. The van der Waals surface area contributed by atoms with E-state index in [1.54, 1.807) is 11.3 Å². The third-order valence-electron chi connectivity index (χ3n) is 2.67. The van der Waals surface area contributed by atoms with Gasteiger partial charge in [0.15, 0.2) is 11.5 Å². The van der Waals surface area contributed by atoms with Crippen LogP contribution in [-0.2, 0) is 6.54 Å². The highest BCUT2D eigenvalue weighted by Crippen LogP contribution is 2.34. The molecule has 88 valence electrons. The smallest absolute Gasteiger partial charge is 0.231 e. The van der Waals surface area contributed by atoms with Crippen molar-refractivity contribution >= 4 is 17.0 Å². The summed E-state index contributed by atoms with van der Waals surface area (Å²) in [5, 5.41) is 3.35. The first-order valence-corrected chi connectivity index (χ1v) is 6.23. The topological polar surface area (TPSA) is 43.4 Å². The molecule has 17 heavy (non-hydrogen) atoms. The fourth-order valence-electron chi connectivity index (χ4n) is 1.68. The predicted octanol–water partition coefficient (Wildman–Crippen LogP) is 2.79. The number of aromatic nitrogens is 1. The Hall–Kier alpha value is -1.75. The van der Waals surface area contributed by atoms with Crippen molar-refractivity contribution in [3.63, 3.8) is 0 Å². The summed E-state index contributed by atoms with van der Waals surface area (Å²) in [4.78, 5) is 5.47. The molecule has 3 rings (SSSR count). The number of fused-ring (bicyclic) bond motifs is 1. The fourth-order valence-corrected chi connectivity index (χ4v) is 2.40. The van der Waals surface area contributed by atoms with Crippen molar-refractivity contribution in [3.05, 3.63) is 34.3 Å². The Balaban J connectivity index is 1.72. The Morgan fingerprint density at radius 2 is 2.24 bits per heavy atom. The lowest BCUT2D eigenvalue weighted by Crippen LogP contribution is -1.98. The van der Waals surface area contributed by atoms with Gasteiger partial charge < -0.3 is 14.8 Å². The van der Waals surface area contributed by atoms with Crippen molar-refractivity contribution in [2.75, 3.05) is 12.1 Å². The highest BCUT2D eigenvalue weighted by molar-refractivity contribution is 7.09. The summed E-state index contributed by atoms with van der Waals surface area (Å²) in [6, 6.07) is 5.87. The molecular formula is C12H12N2O2S. The Kier molecular flexibility index (Phi) is 2.60. The third-order valence-corrected chi connectivity index (χ3v) is 3.61. The lowest BCUT2D eigenvalue weighted by atomic mass is 10.2. The molecule has 1 aliphatic rings. The molecular weight excluding hydrogens is 236 g/mol. The molecule has 1 aromatic carbocycles. The van der Waals surface area contributed by atoms with Crippen LogP contribution in [0.5, 0.6) is 11.5 Å². The molecule has 0 saturated carbocycles. The van der Waals surface area contributed by atoms with E-state index in [0.29, 0.717) is 6.79 Å². The molecule has 2 aromatic rings. The van der Waals surface area contributed by atoms with Crippen molar-refractivity contribution in [2.24, 2.45) is 0 Å². The van der Waals surface area contributed by atoms with Gasteiger partial charge in [-0.25, -0.2) is 4.98 Å². The first-order valence-electron chi connectivity index (χ1n) is 5.35. The lowest BCUT2D eigenvalue weighted by Gasteiger charge is -2.06. The lowest BCUT2D eigenvalue weighted by molar-refractivity contribution is 0.174. The molecule has 0 fully saturated rings. The summed E-state index contributed by atoms with van der Waals surface area (Å²) in [5.74, 6) is 1.61. The van der Waals surface area contributed by atoms with Crippen LogP contribution in [0.4, 0.5) is 5.69 Å². The van der Waals surface area contributed by atoms with E-state index in [4.69, 9.17) is 9.47 Å². The van der Waals surface area contributed by atoms with Crippen LogP contribution < -0.4 is 14.8 Å². The maximum atomic E-state index is 5.33. The molecule has 0 spiro atoms. The first kappa shape index (κ1) is 10.4. The molecule has 0 aliphatic carbocycles. The number of thiazole rings is 1. The Morgan fingerprint density at radius 3 is 3.06 bits per heavy atom. The van der Waals surface area contributed by atoms with E-state index in [1.807, 2.05) is 30.6 Å². The van der Waals surface area contributed by atoms with Crippen molar-refractivity contribution in [1.82, 2.24) is 4.98 Å². The number of rotatable bonds is 3. The summed E-state index contributed by atoms with van der Waals surface area (Å²) in [6.45, 7) is 3.12. The molecule has 0 atom stereocenters. The summed E-state index contributed by atoms with van der Waals surface area (Å²) in [5.41, 5.74) is 3.98. The minimum Gasteiger partial charge on any atom is -0.454 e. The molecule has 1 aromatic heterocycles. The second kappa shape index (κ2) is 4.25. The minimum absolute atomic E-state index is 0.312. The number of nitrogens with one attached hydrogen (secondary N) is 1. The second-order valence-electron chi connectivity index (χ2n) is 3.78. The average Bonchev–Trinajstić information content (AvgIpc) is 2.94. The molecule has 5 heteroatoms. The standard InChI is InChI=1S/C12H12N2O2S/c1-8-12(17-6-14-8)5-13-9-2-3-10-11(4-9)16-7-15-10/h2-4,6,13H,5,7H2,1H3. The fraction of sp³-hybridized carbons (Fsp3) is 0.250. The van der Waals surface area contributed by atoms with Gasteiger partial charge in [-0.2, -0.15) is 0 Å². The Bertz CT molecular complexity index is 539. The highest BCUT2D eigenvalue weighted by atomic mass is 32.1. The third kappa shape index (κ3) is 2.06. The van der Waals surface area contributed by atoms with Gasteiger partial charge in [0, 0.05) is 16.6 Å². The molecule has 0 bridgehead atoms. The monoisotopic (exact) mass is 248 g/mol. The van der Waals surface area contributed by atoms with E-state index in [0.717, 1.165) is 29.4 Å². The number of nitrogens with zero attached hydrogens (tertiary/aromatic N) is 1. The molecule has 4 nitrogen and oxygen atoms in total. The van der Waals surface area contributed by atoms with Crippen LogP contribution in [0.1, 0.15) is 10.6 Å². The molecule has 0 amide bonds. The van der Waals surface area contributed by atoms with Gasteiger partial charge in [0.1, 0.15) is 0 Å². The Morgan fingerprint density at radius 1 is 1.35 bits per heavy atom. The number of hydrogen-bond donors (Lipinski definition) is 1. The van der Waals surface area contributed by atoms with Crippen LogP contribution >= 0.6 is 11.3 Å². The zero-order chi connectivity index (χ0) is 11.7. The van der Waals surface area contributed by atoms with Crippen molar-refractivity contribution in [2.45, 2.75) is 13.5 Å². The van der Waals surface area contributed by atoms with Gasteiger partial charge in [-0.1, -0.05) is 0 Å². The van der Waals surface area contributed by atoms with Crippen LogP contribution in [0.15, 0.2) is 23.7 Å². The number of hydrogen-bond acceptors (Lipinski definition) is 5. The number of aryl methyl sites for hydroxylation is 1. The van der Waals surface area contributed by atoms with Gasteiger partial charge in [0.25, 0.3) is 0 Å². The molecule has 0 radical (unpaired) electrons. The van der Waals surface area contributed by atoms with E-state index in [2.05, 4.69) is 10.3 Å². The molecule has 1 N–H and O–H groups in total. The maximum absolute atomic E-state index is 5.33. The quantitative estimate of drug-likeness (QED) is 0.907. The minimum atomic E-state index is 0.312. The van der Waals surface area contributed by atoms with E-state index in [9.17, 15) is 0 Å². The van der Waals surface area contributed by atoms with E-state index < -0.39 is 0 Å². The van der Waals surface area contributed by atoms with Gasteiger partial charge in [-0.05, 0) is 19.1 Å². The van der Waals surface area contributed by atoms with Crippen LogP contribution in [-0.4, -0.2) is 11.8 Å². The van der Waals surface area contributed by atoms with Crippen molar-refractivity contribution < 1.29 is 9.47 Å². The number of ether oxygens (including phenoxy) is 2. The summed E-state index contributed by atoms with van der Waals surface area (Å²) in [6.07, 6.45) is 0. The zero-order valence-corrected chi connectivity index (χ0v) is 10.2. The van der Waals surface area contributed by atoms with Crippen molar-refractivity contribution in [3.8, 4) is 11.5 Å². The van der Waals surface area contributed by atoms with Crippen molar-refractivity contribution in [1.29, 1.82) is 0 Å². The predicted molar refractivity (Wildman–Crippen MR) is 66.7 cm³/mol. The van der Waals surface area contributed by atoms with E-state index in [1.165, 1.54) is 4.88 Å². The van der Waals surface area contributed by atoms with Crippen LogP contribution in [0.2, 0.25) is 0 Å². The normalized spacial score (nSPS) is 12.8. The summed E-state index contributed by atoms with van der Waals surface area (Å²) >= 11 is 1.66. The van der Waals surface area contributed by atoms with Crippen LogP contribution in [0.25, 0.3) is 0 Å². The summed E-state index contributed by atoms with van der Waals surface area (Å²) in [7, 11) is 0. The highest BCUT2D eigenvalue weighted by Gasteiger charge is 2.13. The van der Waals surface area contributed by atoms with Gasteiger partial charge in [0.05, 0.1) is 17.7 Å². The first-order chi connectivity index (χ1) is 8.33. The van der Waals surface area contributed by atoms with Gasteiger partial charge in [-0.3, -0.25) is 0 Å². The van der Waals surface area contributed by atoms with Crippen LogP contribution in [0.3, 0.4) is 0 Å². The van der Waals surface area contributed by atoms with Crippen LogP contribution in [0, 0.1) is 6.92 Å². The molecule has 1 aliphatic heterocycles. The van der Waals surface area contributed by atoms with Gasteiger partial charge in [0.2, 0.25) is 6.79 Å². The second-order valence-corrected chi connectivity index (χ2v) is 4.72. The average molecular weight is 248 g/mol. The molecule has 0 unspecified atom stereocenters. The Labute approximate surface area is 103 Å². The molecule has 0 saturated heterocycles. The number of benzene rings is 1.